The van der Waals surface area contributed by atoms with Crippen LogP contribution in [-0.4, -0.2) is 29.8 Å². The largest absolute Gasteiger partial charge is 0.466 e. The molecular formula is C23H45O4P. The summed E-state index contributed by atoms with van der Waals surface area (Å²) in [6.45, 7) is 4.36. The minimum Gasteiger partial charge on any atom is -0.466 e. The molecule has 1 unspecified atom stereocenters. The molecule has 5 heteroatoms. The molecule has 0 radical (unpaired) electrons. The van der Waals surface area contributed by atoms with E-state index in [0.29, 0.717) is 6.61 Å². The van der Waals surface area contributed by atoms with Crippen molar-refractivity contribution in [2.45, 2.75) is 110 Å². The molecule has 0 aliphatic carbocycles. The Kier molecular flexibility index (Phi) is 19.3. The van der Waals surface area contributed by atoms with Crippen molar-refractivity contribution in [3.05, 3.63) is 12.2 Å². The first-order valence-electron chi connectivity index (χ1n) is 11.6. The molecule has 28 heavy (non-hydrogen) atoms. The van der Waals surface area contributed by atoms with E-state index in [0.717, 1.165) is 12.8 Å². The molecule has 0 spiro atoms. The zero-order valence-electron chi connectivity index (χ0n) is 18.5. The highest BCUT2D eigenvalue weighted by molar-refractivity contribution is 7.57. The molecule has 1 N–H and O–H groups in total. The second-order valence-electron chi connectivity index (χ2n) is 7.79. The Bertz CT molecular complexity index is 434. The van der Waals surface area contributed by atoms with Crippen LogP contribution in [0.4, 0.5) is 0 Å². The molecule has 4 nitrogen and oxygen atoms in total. The van der Waals surface area contributed by atoms with E-state index >= 15 is 0 Å². The Morgan fingerprint density at radius 1 is 0.821 bits per heavy atom. The highest BCUT2D eigenvalue weighted by Crippen LogP contribution is 2.40. The monoisotopic (exact) mass is 416 g/mol. The molecule has 0 bridgehead atoms. The predicted molar refractivity (Wildman–Crippen MR) is 120 cm³/mol. The summed E-state index contributed by atoms with van der Waals surface area (Å²) in [6, 6.07) is 0. The number of esters is 1. The Morgan fingerprint density at radius 3 is 1.86 bits per heavy atom. The summed E-state index contributed by atoms with van der Waals surface area (Å²) >= 11 is 0. The molecule has 0 fully saturated rings. The molecular weight excluding hydrogens is 371 g/mol. The van der Waals surface area contributed by atoms with E-state index in [-0.39, 0.29) is 24.7 Å². The van der Waals surface area contributed by atoms with Gasteiger partial charge in [-0.25, -0.2) is 0 Å². The number of carbonyl (C=O) groups excluding carboxylic acids is 1. The van der Waals surface area contributed by atoms with E-state index in [1.807, 2.05) is 0 Å². The van der Waals surface area contributed by atoms with Gasteiger partial charge >= 0.3 is 5.97 Å². The van der Waals surface area contributed by atoms with Crippen LogP contribution >= 0.6 is 7.37 Å². The number of ether oxygens (including phenoxy) is 1. The van der Waals surface area contributed by atoms with Crippen LogP contribution in [0.2, 0.25) is 0 Å². The molecule has 0 aromatic carbocycles. The Hall–Kier alpha value is -0.600. The minimum absolute atomic E-state index is 0.0374. The number of hydrogen-bond donors (Lipinski definition) is 1. The summed E-state index contributed by atoms with van der Waals surface area (Å²) < 4.78 is 16.6. The van der Waals surface area contributed by atoms with Gasteiger partial charge in [-0.1, -0.05) is 83.8 Å². The van der Waals surface area contributed by atoms with Gasteiger partial charge in [0.15, 0.2) is 0 Å². The molecule has 0 saturated heterocycles. The van der Waals surface area contributed by atoms with Gasteiger partial charge in [0.2, 0.25) is 7.37 Å². The standard InChI is InChI=1S/C23H45O4P/c1-3-5-6-7-8-9-10-11-12-13-14-15-16-17-18-19-21-27-23(24)20-22-28(25,26)4-2/h11-12H,3-10,13-22H2,1-2H3,(H,25,26)/b12-11-. The summed E-state index contributed by atoms with van der Waals surface area (Å²) in [5.41, 5.74) is 0. The lowest BCUT2D eigenvalue weighted by Gasteiger charge is -2.08. The third-order valence-electron chi connectivity index (χ3n) is 5.08. The van der Waals surface area contributed by atoms with Crippen molar-refractivity contribution in [3.8, 4) is 0 Å². The van der Waals surface area contributed by atoms with Gasteiger partial charge in [0.1, 0.15) is 0 Å². The molecule has 0 heterocycles. The van der Waals surface area contributed by atoms with Crippen LogP contribution in [0.25, 0.3) is 0 Å². The molecule has 0 aromatic heterocycles. The zero-order valence-corrected chi connectivity index (χ0v) is 19.4. The number of unbranched alkanes of at least 4 members (excludes halogenated alkanes) is 12. The molecule has 1 atom stereocenters. The topological polar surface area (TPSA) is 63.6 Å². The Balaban J connectivity index is 3.28. The quantitative estimate of drug-likeness (QED) is 0.0982. The molecule has 0 saturated carbocycles. The van der Waals surface area contributed by atoms with Crippen LogP contribution in [0.1, 0.15) is 110 Å². The lowest BCUT2D eigenvalue weighted by Crippen LogP contribution is -2.08. The zero-order chi connectivity index (χ0) is 20.9. The van der Waals surface area contributed by atoms with Gasteiger partial charge in [-0.05, 0) is 32.1 Å². The highest BCUT2D eigenvalue weighted by atomic mass is 31.2. The van der Waals surface area contributed by atoms with E-state index < -0.39 is 7.37 Å². The fourth-order valence-electron chi connectivity index (χ4n) is 3.03. The summed E-state index contributed by atoms with van der Waals surface area (Å²) in [4.78, 5) is 20.9. The molecule has 0 amide bonds. The third kappa shape index (κ3) is 20.1. The maximum Gasteiger partial charge on any atom is 0.306 e. The van der Waals surface area contributed by atoms with Crippen LogP contribution in [-0.2, 0) is 14.1 Å². The summed E-state index contributed by atoms with van der Waals surface area (Å²) in [5, 5.41) is 0. The highest BCUT2D eigenvalue weighted by Gasteiger charge is 2.17. The van der Waals surface area contributed by atoms with Crippen LogP contribution in [0.15, 0.2) is 12.2 Å². The average molecular weight is 417 g/mol. The van der Waals surface area contributed by atoms with Crippen molar-refractivity contribution in [1.82, 2.24) is 0 Å². The molecule has 0 aliphatic rings. The van der Waals surface area contributed by atoms with E-state index in [4.69, 9.17) is 4.74 Å². The maximum atomic E-state index is 11.5. The van der Waals surface area contributed by atoms with Gasteiger partial charge in [0.05, 0.1) is 13.0 Å². The van der Waals surface area contributed by atoms with Crippen molar-refractivity contribution in [2.75, 3.05) is 18.9 Å². The van der Waals surface area contributed by atoms with Gasteiger partial charge in [-0.15, -0.1) is 0 Å². The first-order valence-corrected chi connectivity index (χ1v) is 13.7. The second kappa shape index (κ2) is 19.7. The van der Waals surface area contributed by atoms with Crippen molar-refractivity contribution < 1.29 is 19.0 Å². The smallest absolute Gasteiger partial charge is 0.306 e. The fourth-order valence-corrected chi connectivity index (χ4v) is 3.88. The first-order chi connectivity index (χ1) is 13.5. The van der Waals surface area contributed by atoms with E-state index in [9.17, 15) is 14.3 Å². The van der Waals surface area contributed by atoms with Gasteiger partial charge < -0.3 is 9.63 Å². The van der Waals surface area contributed by atoms with Crippen molar-refractivity contribution in [1.29, 1.82) is 0 Å². The predicted octanol–water partition coefficient (Wildman–Crippen LogP) is 7.25. The Morgan fingerprint density at radius 2 is 1.32 bits per heavy atom. The van der Waals surface area contributed by atoms with Crippen LogP contribution in [0.3, 0.4) is 0 Å². The fraction of sp³-hybridized carbons (Fsp3) is 0.870. The third-order valence-corrected chi connectivity index (χ3v) is 6.99. The van der Waals surface area contributed by atoms with Crippen molar-refractivity contribution in [2.24, 2.45) is 0 Å². The van der Waals surface area contributed by atoms with Crippen molar-refractivity contribution >= 4 is 13.3 Å². The van der Waals surface area contributed by atoms with E-state index in [2.05, 4.69) is 19.1 Å². The van der Waals surface area contributed by atoms with Crippen LogP contribution < -0.4 is 0 Å². The number of allylic oxidation sites excluding steroid dienone is 2. The first kappa shape index (κ1) is 27.4. The normalized spacial score (nSPS) is 13.7. The summed E-state index contributed by atoms with van der Waals surface area (Å²) in [5.74, 6) is -0.351. The lowest BCUT2D eigenvalue weighted by molar-refractivity contribution is -0.143. The van der Waals surface area contributed by atoms with Gasteiger partial charge in [0.25, 0.3) is 0 Å². The van der Waals surface area contributed by atoms with Crippen LogP contribution in [0.5, 0.6) is 0 Å². The molecule has 0 aliphatic heterocycles. The van der Waals surface area contributed by atoms with Crippen molar-refractivity contribution in [3.63, 3.8) is 0 Å². The van der Waals surface area contributed by atoms with Crippen LogP contribution in [0, 0.1) is 0 Å². The summed E-state index contributed by atoms with van der Waals surface area (Å²) in [6.07, 6.45) is 22.6. The molecule has 0 aromatic rings. The van der Waals surface area contributed by atoms with E-state index in [1.54, 1.807) is 6.92 Å². The van der Waals surface area contributed by atoms with Gasteiger partial charge in [-0.3, -0.25) is 9.36 Å². The molecule has 0 rings (SSSR count). The lowest BCUT2D eigenvalue weighted by atomic mass is 10.1. The molecule has 166 valence electrons. The second-order valence-corrected chi connectivity index (χ2v) is 10.6. The average Bonchev–Trinajstić information content (AvgIpc) is 2.69. The SMILES string of the molecule is CCCCCCCC/C=C\CCCCCCCCOC(=O)CCP(=O)(O)CC. The maximum absolute atomic E-state index is 11.5. The van der Waals surface area contributed by atoms with Gasteiger partial charge in [-0.2, -0.15) is 0 Å². The Labute approximate surface area is 174 Å². The summed E-state index contributed by atoms with van der Waals surface area (Å²) in [7, 11) is -3.11. The number of rotatable bonds is 20. The van der Waals surface area contributed by atoms with Gasteiger partial charge in [0, 0.05) is 12.3 Å². The van der Waals surface area contributed by atoms with E-state index in [1.165, 1.54) is 77.0 Å². The minimum atomic E-state index is -3.11. The number of carbonyl (C=O) groups is 1. The number of hydrogen-bond acceptors (Lipinski definition) is 3.